The molecule has 16 heavy (non-hydrogen) atoms. The third-order valence-electron chi connectivity index (χ3n) is 3.32. The summed E-state index contributed by atoms with van der Waals surface area (Å²) in [6, 6.07) is 0.816. The van der Waals surface area contributed by atoms with E-state index in [9.17, 15) is 4.79 Å². The molecule has 0 aromatic carbocycles. The van der Waals surface area contributed by atoms with Crippen LogP contribution in [-0.4, -0.2) is 52.9 Å². The molecule has 1 saturated carbocycles. The lowest BCUT2D eigenvalue weighted by atomic mass is 10.3. The normalized spacial score (nSPS) is 22.4. The fourth-order valence-corrected chi connectivity index (χ4v) is 2.74. The number of carbonyl (C=O) groups excluding carboxylic acids is 1. The number of nitrogens with zero attached hydrogens (tertiary/aromatic N) is 3. The second-order valence-electron chi connectivity index (χ2n) is 4.43. The second kappa shape index (κ2) is 4.14. The molecule has 1 amide bonds. The van der Waals surface area contributed by atoms with Crippen LogP contribution in [0.25, 0.3) is 0 Å². The Balaban J connectivity index is 1.59. The first kappa shape index (κ1) is 10.2. The van der Waals surface area contributed by atoms with E-state index in [-0.39, 0.29) is 5.91 Å². The molecule has 0 unspecified atom stereocenters. The van der Waals surface area contributed by atoms with Gasteiger partial charge in [0.25, 0.3) is 5.91 Å². The summed E-state index contributed by atoms with van der Waals surface area (Å²) in [6.45, 7) is 3.76. The zero-order valence-electron chi connectivity index (χ0n) is 9.13. The Morgan fingerprint density at radius 2 is 2.06 bits per heavy atom. The van der Waals surface area contributed by atoms with Gasteiger partial charge in [-0.25, -0.2) is 4.98 Å². The van der Waals surface area contributed by atoms with E-state index in [2.05, 4.69) is 9.88 Å². The minimum absolute atomic E-state index is 0.0942. The van der Waals surface area contributed by atoms with Crippen molar-refractivity contribution in [2.45, 2.75) is 18.9 Å². The van der Waals surface area contributed by atoms with Gasteiger partial charge in [0.1, 0.15) is 5.69 Å². The zero-order chi connectivity index (χ0) is 11.0. The average molecular weight is 237 g/mol. The first-order valence-electron chi connectivity index (χ1n) is 5.76. The highest BCUT2D eigenvalue weighted by molar-refractivity contribution is 7.07. The maximum absolute atomic E-state index is 12.0. The van der Waals surface area contributed by atoms with Crippen molar-refractivity contribution < 1.29 is 4.79 Å². The Morgan fingerprint density at radius 3 is 2.62 bits per heavy atom. The van der Waals surface area contributed by atoms with Crippen molar-refractivity contribution in [2.75, 3.05) is 26.2 Å². The van der Waals surface area contributed by atoms with Crippen LogP contribution in [0.3, 0.4) is 0 Å². The molecule has 0 N–H and O–H groups in total. The molecule has 2 fully saturated rings. The summed E-state index contributed by atoms with van der Waals surface area (Å²) in [4.78, 5) is 20.5. The summed E-state index contributed by atoms with van der Waals surface area (Å²) in [7, 11) is 0. The number of amides is 1. The smallest absolute Gasteiger partial charge is 0.273 e. The van der Waals surface area contributed by atoms with Gasteiger partial charge < -0.3 is 4.90 Å². The van der Waals surface area contributed by atoms with E-state index < -0.39 is 0 Å². The molecule has 1 saturated heterocycles. The molecule has 86 valence electrons. The van der Waals surface area contributed by atoms with Crippen molar-refractivity contribution in [1.82, 2.24) is 14.8 Å². The van der Waals surface area contributed by atoms with Crippen LogP contribution in [0, 0.1) is 0 Å². The fraction of sp³-hybridized carbons (Fsp3) is 0.636. The third kappa shape index (κ3) is 1.97. The van der Waals surface area contributed by atoms with E-state index in [1.807, 2.05) is 10.3 Å². The van der Waals surface area contributed by atoms with Crippen molar-refractivity contribution in [3.05, 3.63) is 16.6 Å². The number of hydrogen-bond donors (Lipinski definition) is 0. The maximum atomic E-state index is 12.0. The van der Waals surface area contributed by atoms with E-state index in [0.29, 0.717) is 5.69 Å². The lowest BCUT2D eigenvalue weighted by Crippen LogP contribution is -2.49. The SMILES string of the molecule is O=C(c1cscn1)N1CCN(C2CC2)CC1. The number of aromatic nitrogens is 1. The molecule has 3 rings (SSSR count). The lowest BCUT2D eigenvalue weighted by molar-refractivity contribution is 0.0622. The first-order chi connectivity index (χ1) is 7.84. The minimum atomic E-state index is 0.0942. The monoisotopic (exact) mass is 237 g/mol. The van der Waals surface area contributed by atoms with E-state index >= 15 is 0 Å². The van der Waals surface area contributed by atoms with E-state index in [1.165, 1.54) is 24.2 Å². The van der Waals surface area contributed by atoms with Gasteiger partial charge in [-0.05, 0) is 12.8 Å². The molecular formula is C11H15N3OS. The number of carbonyl (C=O) groups is 1. The quantitative estimate of drug-likeness (QED) is 0.772. The molecule has 0 bridgehead atoms. The van der Waals surface area contributed by atoms with Crippen LogP contribution in [0.1, 0.15) is 23.3 Å². The highest BCUT2D eigenvalue weighted by Gasteiger charge is 2.32. The molecule has 2 aliphatic rings. The molecule has 0 spiro atoms. The summed E-state index contributed by atoms with van der Waals surface area (Å²) >= 11 is 1.48. The van der Waals surface area contributed by atoms with Crippen LogP contribution in [-0.2, 0) is 0 Å². The summed E-state index contributed by atoms with van der Waals surface area (Å²) in [5.74, 6) is 0.0942. The number of piperazine rings is 1. The Kier molecular flexibility index (Phi) is 2.65. The number of rotatable bonds is 2. The van der Waals surface area contributed by atoms with E-state index in [1.54, 1.807) is 5.51 Å². The first-order valence-corrected chi connectivity index (χ1v) is 6.70. The maximum Gasteiger partial charge on any atom is 0.273 e. The van der Waals surface area contributed by atoms with Gasteiger partial charge in [0.2, 0.25) is 0 Å². The van der Waals surface area contributed by atoms with Crippen molar-refractivity contribution in [2.24, 2.45) is 0 Å². The number of thiazole rings is 1. The van der Waals surface area contributed by atoms with Gasteiger partial charge >= 0.3 is 0 Å². The Hall–Kier alpha value is -0.940. The molecule has 0 radical (unpaired) electrons. The highest BCUT2D eigenvalue weighted by atomic mass is 32.1. The molecular weight excluding hydrogens is 222 g/mol. The van der Waals surface area contributed by atoms with Gasteiger partial charge in [0.15, 0.2) is 0 Å². The number of hydrogen-bond acceptors (Lipinski definition) is 4. The lowest BCUT2D eigenvalue weighted by Gasteiger charge is -2.34. The van der Waals surface area contributed by atoms with Gasteiger partial charge in [-0.2, -0.15) is 0 Å². The van der Waals surface area contributed by atoms with Crippen LogP contribution in [0.2, 0.25) is 0 Å². The highest BCUT2D eigenvalue weighted by Crippen LogP contribution is 2.27. The summed E-state index contributed by atoms with van der Waals surface area (Å²) in [6.07, 6.45) is 2.69. The minimum Gasteiger partial charge on any atom is -0.335 e. The van der Waals surface area contributed by atoms with Crippen LogP contribution in [0.5, 0.6) is 0 Å². The van der Waals surface area contributed by atoms with Crippen LogP contribution in [0.4, 0.5) is 0 Å². The second-order valence-corrected chi connectivity index (χ2v) is 5.15. The molecule has 1 aliphatic heterocycles. The van der Waals surface area contributed by atoms with Gasteiger partial charge in [-0.1, -0.05) is 0 Å². The summed E-state index contributed by atoms with van der Waals surface area (Å²) in [5, 5.41) is 1.83. The molecule has 1 aliphatic carbocycles. The van der Waals surface area contributed by atoms with Crippen molar-refractivity contribution >= 4 is 17.2 Å². The van der Waals surface area contributed by atoms with Gasteiger partial charge in [0, 0.05) is 37.6 Å². The predicted octanol–water partition coefficient (Wildman–Crippen LogP) is 1.06. The van der Waals surface area contributed by atoms with E-state index in [0.717, 1.165) is 32.2 Å². The van der Waals surface area contributed by atoms with Crippen molar-refractivity contribution in [1.29, 1.82) is 0 Å². The Bertz CT molecular complexity index is 367. The predicted molar refractivity (Wildman–Crippen MR) is 62.6 cm³/mol. The van der Waals surface area contributed by atoms with Gasteiger partial charge in [-0.15, -0.1) is 11.3 Å². The largest absolute Gasteiger partial charge is 0.335 e. The van der Waals surface area contributed by atoms with Crippen LogP contribution in [0.15, 0.2) is 10.9 Å². The standard InChI is InChI=1S/C11H15N3OS/c15-11(10-7-16-8-12-10)14-5-3-13(4-6-14)9-1-2-9/h7-9H,1-6H2. The average Bonchev–Trinajstić information content (AvgIpc) is 3.04. The zero-order valence-corrected chi connectivity index (χ0v) is 9.95. The van der Waals surface area contributed by atoms with Gasteiger partial charge in [-0.3, -0.25) is 9.69 Å². The van der Waals surface area contributed by atoms with E-state index in [4.69, 9.17) is 0 Å². The molecule has 1 aromatic heterocycles. The Morgan fingerprint density at radius 1 is 1.31 bits per heavy atom. The molecule has 0 atom stereocenters. The summed E-state index contributed by atoms with van der Waals surface area (Å²) in [5.41, 5.74) is 2.32. The van der Waals surface area contributed by atoms with Gasteiger partial charge in [0.05, 0.1) is 5.51 Å². The Labute approximate surface area is 98.9 Å². The fourth-order valence-electron chi connectivity index (χ4n) is 2.21. The summed E-state index contributed by atoms with van der Waals surface area (Å²) < 4.78 is 0. The molecule has 2 heterocycles. The van der Waals surface area contributed by atoms with Crippen LogP contribution >= 0.6 is 11.3 Å². The third-order valence-corrected chi connectivity index (χ3v) is 3.90. The molecule has 1 aromatic rings. The molecule has 5 heteroatoms. The van der Waals surface area contributed by atoms with Crippen LogP contribution < -0.4 is 0 Å². The molecule has 4 nitrogen and oxygen atoms in total. The van der Waals surface area contributed by atoms with Crippen molar-refractivity contribution in [3.63, 3.8) is 0 Å². The van der Waals surface area contributed by atoms with Crippen molar-refractivity contribution in [3.8, 4) is 0 Å². The topological polar surface area (TPSA) is 36.4 Å².